The van der Waals surface area contributed by atoms with Crippen LogP contribution in [0.1, 0.15) is 316 Å². The number of hydrogen-bond acceptors (Lipinski definition) is 10. The van der Waals surface area contributed by atoms with Crippen molar-refractivity contribution in [1.82, 2.24) is 5.32 Å². The molecular formula is C65H125NO10. The van der Waals surface area contributed by atoms with Crippen molar-refractivity contribution in [2.45, 2.75) is 371 Å². The summed E-state index contributed by atoms with van der Waals surface area (Å²) < 4.78 is 11.2. The van der Waals surface area contributed by atoms with Crippen LogP contribution in [-0.2, 0) is 14.3 Å². The topological polar surface area (TPSA) is 189 Å². The average molecular weight is 1080 g/mol. The van der Waals surface area contributed by atoms with Crippen LogP contribution in [0.3, 0.4) is 0 Å². The molecule has 11 heteroatoms. The van der Waals surface area contributed by atoms with E-state index in [1.54, 1.807) is 0 Å². The maximum absolute atomic E-state index is 13.2. The molecule has 0 saturated carbocycles. The number of allylic oxidation sites excluding steroid dienone is 4. The molecule has 450 valence electrons. The Balaban J connectivity index is 2.24. The molecule has 0 aromatic rings. The van der Waals surface area contributed by atoms with Crippen LogP contribution >= 0.6 is 0 Å². The zero-order valence-electron chi connectivity index (χ0n) is 49.5. The van der Waals surface area contributed by atoms with Gasteiger partial charge in [0.05, 0.1) is 25.4 Å². The zero-order chi connectivity index (χ0) is 55.4. The molecule has 11 nitrogen and oxygen atoms in total. The second-order valence-corrected chi connectivity index (χ2v) is 23.2. The van der Waals surface area contributed by atoms with Gasteiger partial charge in [0.2, 0.25) is 5.91 Å². The van der Waals surface area contributed by atoms with Gasteiger partial charge in [-0.15, -0.1) is 0 Å². The van der Waals surface area contributed by atoms with E-state index in [1.807, 2.05) is 0 Å². The lowest BCUT2D eigenvalue weighted by molar-refractivity contribution is -0.303. The SMILES string of the molecule is CCCCCCCCCCCCCCCCCCCCCCCC/C=C/CC/C=C/CCCC(O)C(O)C(COC1OC(CO)C(O)C(O)C1O)NC(=O)C(O)CCCCCCCCCCCCCCCCCCCC. The zero-order valence-corrected chi connectivity index (χ0v) is 49.5. The molecule has 0 bridgehead atoms. The number of nitrogens with one attached hydrogen (secondary N) is 1. The predicted molar refractivity (Wildman–Crippen MR) is 316 cm³/mol. The van der Waals surface area contributed by atoms with E-state index in [1.165, 1.54) is 231 Å². The molecule has 1 aliphatic rings. The van der Waals surface area contributed by atoms with Crippen molar-refractivity contribution in [3.8, 4) is 0 Å². The van der Waals surface area contributed by atoms with Crippen molar-refractivity contribution >= 4 is 5.91 Å². The smallest absolute Gasteiger partial charge is 0.249 e. The Bertz CT molecular complexity index is 1280. The van der Waals surface area contributed by atoms with Crippen LogP contribution in [0.25, 0.3) is 0 Å². The first-order valence-electron chi connectivity index (χ1n) is 32.7. The largest absolute Gasteiger partial charge is 0.394 e. The number of aliphatic hydroxyl groups excluding tert-OH is 7. The Labute approximate surface area is 467 Å². The Morgan fingerprint density at radius 1 is 0.447 bits per heavy atom. The van der Waals surface area contributed by atoms with Crippen molar-refractivity contribution < 1.29 is 50.0 Å². The lowest BCUT2D eigenvalue weighted by Gasteiger charge is -2.40. The molecule has 1 aliphatic heterocycles. The number of hydrogen-bond donors (Lipinski definition) is 8. The van der Waals surface area contributed by atoms with Gasteiger partial charge in [-0.1, -0.05) is 289 Å². The van der Waals surface area contributed by atoms with E-state index in [4.69, 9.17) is 9.47 Å². The Kier molecular flexibility index (Phi) is 51.8. The van der Waals surface area contributed by atoms with E-state index in [-0.39, 0.29) is 12.8 Å². The number of amides is 1. The van der Waals surface area contributed by atoms with Crippen molar-refractivity contribution in [1.29, 1.82) is 0 Å². The third-order valence-corrected chi connectivity index (χ3v) is 16.0. The highest BCUT2D eigenvalue weighted by Gasteiger charge is 2.44. The van der Waals surface area contributed by atoms with Crippen LogP contribution < -0.4 is 5.32 Å². The van der Waals surface area contributed by atoms with Crippen molar-refractivity contribution in [2.24, 2.45) is 0 Å². The molecule has 1 fully saturated rings. The highest BCUT2D eigenvalue weighted by molar-refractivity contribution is 5.80. The van der Waals surface area contributed by atoms with Crippen LogP contribution in [-0.4, -0.2) is 110 Å². The summed E-state index contributed by atoms with van der Waals surface area (Å²) in [6.45, 7) is 3.48. The molecule has 0 spiro atoms. The minimum atomic E-state index is -1.67. The quantitative estimate of drug-likeness (QED) is 0.0215. The summed E-state index contributed by atoms with van der Waals surface area (Å²) in [4.78, 5) is 13.2. The number of aliphatic hydroxyl groups is 7. The van der Waals surface area contributed by atoms with Gasteiger partial charge in [-0.2, -0.15) is 0 Å². The van der Waals surface area contributed by atoms with Gasteiger partial charge in [0.25, 0.3) is 0 Å². The van der Waals surface area contributed by atoms with E-state index in [2.05, 4.69) is 43.5 Å². The minimum absolute atomic E-state index is 0.249. The summed E-state index contributed by atoms with van der Waals surface area (Å²) in [6.07, 6.45) is 55.5. The molecule has 1 saturated heterocycles. The summed E-state index contributed by atoms with van der Waals surface area (Å²) in [5.74, 6) is -0.705. The van der Waals surface area contributed by atoms with E-state index >= 15 is 0 Å². The van der Waals surface area contributed by atoms with Gasteiger partial charge in [0.15, 0.2) is 6.29 Å². The monoisotopic (exact) mass is 1080 g/mol. The molecule has 0 aromatic heterocycles. The van der Waals surface area contributed by atoms with Crippen LogP contribution in [0.5, 0.6) is 0 Å². The highest BCUT2D eigenvalue weighted by atomic mass is 16.7. The fraction of sp³-hybridized carbons (Fsp3) is 0.923. The molecule has 8 N–H and O–H groups in total. The molecule has 9 atom stereocenters. The summed E-state index contributed by atoms with van der Waals surface area (Å²) in [7, 11) is 0. The first-order chi connectivity index (χ1) is 37.2. The third kappa shape index (κ3) is 41.6. The van der Waals surface area contributed by atoms with Crippen molar-refractivity contribution in [3.05, 3.63) is 24.3 Å². The first-order valence-corrected chi connectivity index (χ1v) is 32.7. The third-order valence-electron chi connectivity index (χ3n) is 16.0. The standard InChI is InChI=1S/C65H125NO10/c1-3-5-7-9-11-13-15-17-19-21-23-24-25-26-27-28-29-30-31-32-33-34-35-37-38-40-42-44-46-48-50-52-57(68)60(70)56(55-75-65-63(73)62(72)61(71)59(54-67)76-65)66-64(74)58(69)53-51-49-47-45-43-41-39-36-22-20-18-16-14-12-10-8-6-4-2/h37-38,44,46,56-63,65,67-73H,3-36,39-43,45,47-55H2,1-2H3,(H,66,74)/b38-37+,46-44+. The lowest BCUT2D eigenvalue weighted by Crippen LogP contribution is -2.60. The number of carbonyl (C=O) groups is 1. The van der Waals surface area contributed by atoms with Crippen LogP contribution in [0.4, 0.5) is 0 Å². The summed E-state index contributed by atoms with van der Waals surface area (Å²) in [5.41, 5.74) is 0. The molecule has 1 heterocycles. The fourth-order valence-electron chi connectivity index (χ4n) is 10.7. The van der Waals surface area contributed by atoms with E-state index < -0.39 is 74.2 Å². The van der Waals surface area contributed by atoms with Gasteiger partial charge >= 0.3 is 0 Å². The maximum atomic E-state index is 13.2. The molecule has 0 radical (unpaired) electrons. The molecule has 76 heavy (non-hydrogen) atoms. The molecular weight excluding hydrogens is 955 g/mol. The van der Waals surface area contributed by atoms with E-state index in [0.717, 1.165) is 38.5 Å². The average Bonchev–Trinajstić information content (AvgIpc) is 3.42. The first kappa shape index (κ1) is 72.6. The van der Waals surface area contributed by atoms with E-state index in [9.17, 15) is 40.5 Å². The minimum Gasteiger partial charge on any atom is -0.394 e. The molecule has 0 aromatic carbocycles. The number of carbonyl (C=O) groups excluding carboxylic acids is 1. The molecule has 0 aliphatic carbocycles. The van der Waals surface area contributed by atoms with Gasteiger partial charge in [-0.25, -0.2) is 0 Å². The van der Waals surface area contributed by atoms with Gasteiger partial charge in [0, 0.05) is 0 Å². The van der Waals surface area contributed by atoms with Crippen LogP contribution in [0.2, 0.25) is 0 Å². The Morgan fingerprint density at radius 3 is 1.17 bits per heavy atom. The van der Waals surface area contributed by atoms with Crippen LogP contribution in [0, 0.1) is 0 Å². The lowest BCUT2D eigenvalue weighted by atomic mass is 9.98. The normalized spacial score (nSPS) is 19.7. The van der Waals surface area contributed by atoms with Gasteiger partial charge in [0.1, 0.15) is 36.6 Å². The predicted octanol–water partition coefficient (Wildman–Crippen LogP) is 14.9. The fourth-order valence-corrected chi connectivity index (χ4v) is 10.7. The summed E-state index contributed by atoms with van der Waals surface area (Å²) >= 11 is 0. The molecule has 1 rings (SSSR count). The number of unbranched alkanes of at least 4 members (excludes halogenated alkanes) is 41. The van der Waals surface area contributed by atoms with Crippen molar-refractivity contribution in [3.63, 3.8) is 0 Å². The summed E-state index contributed by atoms with van der Waals surface area (Å²) in [6, 6.07) is -1.19. The van der Waals surface area contributed by atoms with Gasteiger partial charge < -0.3 is 50.5 Å². The second-order valence-electron chi connectivity index (χ2n) is 23.2. The number of ether oxygens (including phenoxy) is 2. The van der Waals surface area contributed by atoms with Crippen molar-refractivity contribution in [2.75, 3.05) is 13.2 Å². The van der Waals surface area contributed by atoms with E-state index in [0.29, 0.717) is 19.3 Å². The van der Waals surface area contributed by atoms with Gasteiger partial charge in [-0.3, -0.25) is 4.79 Å². The highest BCUT2D eigenvalue weighted by Crippen LogP contribution is 2.24. The maximum Gasteiger partial charge on any atom is 0.249 e. The molecule has 9 unspecified atom stereocenters. The molecule has 1 amide bonds. The Hall–Kier alpha value is -1.41. The summed E-state index contributed by atoms with van der Waals surface area (Å²) in [5, 5.41) is 76.3. The number of rotatable bonds is 57. The van der Waals surface area contributed by atoms with Gasteiger partial charge in [-0.05, 0) is 51.4 Å². The van der Waals surface area contributed by atoms with Crippen LogP contribution in [0.15, 0.2) is 24.3 Å². The Morgan fingerprint density at radius 2 is 0.789 bits per heavy atom. The second kappa shape index (κ2) is 54.2.